The van der Waals surface area contributed by atoms with Gasteiger partial charge in [-0.1, -0.05) is 26.7 Å². The summed E-state index contributed by atoms with van der Waals surface area (Å²) in [7, 11) is 0. The first-order valence-electron chi connectivity index (χ1n) is 9.48. The van der Waals surface area contributed by atoms with E-state index in [4.69, 9.17) is 13.6 Å². The Morgan fingerprint density at radius 3 is 2.61 bits per heavy atom. The van der Waals surface area contributed by atoms with E-state index in [0.29, 0.717) is 35.3 Å². The van der Waals surface area contributed by atoms with Crippen LogP contribution in [0.1, 0.15) is 50.0 Å². The zero-order chi connectivity index (χ0) is 20.0. The molecule has 0 saturated heterocycles. The van der Waals surface area contributed by atoms with Gasteiger partial charge in [0.25, 0.3) is 0 Å². The monoisotopic (exact) mass is 383 g/mol. The van der Waals surface area contributed by atoms with Gasteiger partial charge in [0.05, 0.1) is 10.9 Å². The number of benzene rings is 1. The average Bonchev–Trinajstić information content (AvgIpc) is 2.65. The largest absolute Gasteiger partial charge is 0.485 e. The maximum absolute atomic E-state index is 14.7. The quantitative estimate of drug-likeness (QED) is 0.488. The molecule has 0 spiro atoms. The van der Waals surface area contributed by atoms with Gasteiger partial charge in [-0.25, -0.2) is 4.79 Å². The lowest BCUT2D eigenvalue weighted by molar-refractivity contribution is 0.233. The highest BCUT2D eigenvalue weighted by molar-refractivity contribution is 6.08. The zero-order valence-corrected chi connectivity index (χ0v) is 16.0. The lowest BCUT2D eigenvalue weighted by Gasteiger charge is -2.24. The standard InChI is InChI=1S/C22H20FO5/c1-4-6-12-8-9-14-19(27-12)16-13(7-5-2)18(23)22(25)28-21(16)17-15(24)10-11(3)26-20(14)17/h8,10,12H,4-7H2,1-3H3. The molecule has 3 heterocycles. The van der Waals surface area contributed by atoms with Crippen molar-refractivity contribution in [3.63, 3.8) is 0 Å². The van der Waals surface area contributed by atoms with Crippen LogP contribution in [-0.2, 0) is 6.42 Å². The van der Waals surface area contributed by atoms with Crippen LogP contribution in [0.15, 0.2) is 30.6 Å². The van der Waals surface area contributed by atoms with Crippen molar-refractivity contribution in [3.8, 4) is 5.75 Å². The van der Waals surface area contributed by atoms with Crippen molar-refractivity contribution < 1.29 is 18.0 Å². The van der Waals surface area contributed by atoms with Crippen LogP contribution in [-0.4, -0.2) is 6.10 Å². The van der Waals surface area contributed by atoms with Crippen molar-refractivity contribution in [1.82, 2.24) is 0 Å². The molecule has 3 aromatic rings. The summed E-state index contributed by atoms with van der Waals surface area (Å²) in [5.74, 6) is -0.185. The maximum Gasteiger partial charge on any atom is 0.372 e. The summed E-state index contributed by atoms with van der Waals surface area (Å²) >= 11 is 0. The van der Waals surface area contributed by atoms with Gasteiger partial charge < -0.3 is 13.6 Å². The fraction of sp³-hybridized carbons (Fsp3) is 0.364. The highest BCUT2D eigenvalue weighted by Gasteiger charge is 2.29. The van der Waals surface area contributed by atoms with Gasteiger partial charge in [-0.15, -0.1) is 0 Å². The van der Waals surface area contributed by atoms with Crippen molar-refractivity contribution in [2.24, 2.45) is 0 Å². The first kappa shape index (κ1) is 18.5. The molecule has 28 heavy (non-hydrogen) atoms. The Bertz CT molecular complexity index is 1230. The van der Waals surface area contributed by atoms with Gasteiger partial charge in [0.1, 0.15) is 23.0 Å². The Morgan fingerprint density at radius 2 is 1.89 bits per heavy atom. The highest BCUT2D eigenvalue weighted by atomic mass is 19.1. The minimum absolute atomic E-state index is 0.0105. The molecule has 0 fully saturated rings. The van der Waals surface area contributed by atoms with E-state index in [1.807, 2.05) is 13.8 Å². The average molecular weight is 383 g/mol. The molecule has 5 nitrogen and oxygen atoms in total. The van der Waals surface area contributed by atoms with Crippen LogP contribution < -0.4 is 15.8 Å². The number of aryl methyl sites for hydroxylation is 2. The second-order valence-corrected chi connectivity index (χ2v) is 7.02. The predicted molar refractivity (Wildman–Crippen MR) is 103 cm³/mol. The molecule has 0 amide bonds. The predicted octanol–water partition coefficient (Wildman–Crippen LogP) is 4.57. The fourth-order valence-corrected chi connectivity index (χ4v) is 3.73. The van der Waals surface area contributed by atoms with Gasteiger partial charge in [-0.3, -0.25) is 4.79 Å². The molecule has 1 radical (unpaired) electrons. The van der Waals surface area contributed by atoms with Crippen LogP contribution in [0.2, 0.25) is 0 Å². The zero-order valence-electron chi connectivity index (χ0n) is 16.0. The Labute approximate surface area is 160 Å². The van der Waals surface area contributed by atoms with E-state index in [9.17, 15) is 14.0 Å². The van der Waals surface area contributed by atoms with E-state index < -0.39 is 11.4 Å². The third-order valence-electron chi connectivity index (χ3n) is 4.90. The molecule has 0 aliphatic carbocycles. The maximum atomic E-state index is 14.7. The van der Waals surface area contributed by atoms with Crippen LogP contribution in [0, 0.1) is 18.8 Å². The van der Waals surface area contributed by atoms with E-state index in [1.165, 1.54) is 6.07 Å². The topological polar surface area (TPSA) is 69.7 Å². The Morgan fingerprint density at radius 1 is 1.11 bits per heavy atom. The van der Waals surface area contributed by atoms with Gasteiger partial charge in [0, 0.05) is 11.6 Å². The molecule has 1 atom stereocenters. The first-order valence-corrected chi connectivity index (χ1v) is 9.48. The number of fused-ring (bicyclic) bond motifs is 6. The van der Waals surface area contributed by atoms with E-state index in [-0.39, 0.29) is 33.6 Å². The molecule has 1 aromatic carbocycles. The lowest BCUT2D eigenvalue weighted by atomic mass is 9.96. The normalized spacial score (nSPS) is 15.8. The smallest absolute Gasteiger partial charge is 0.372 e. The molecular formula is C22H20FO5. The summed E-state index contributed by atoms with van der Waals surface area (Å²) < 4.78 is 31.9. The second-order valence-electron chi connectivity index (χ2n) is 7.02. The molecule has 145 valence electrons. The molecule has 4 rings (SSSR count). The number of rotatable bonds is 4. The van der Waals surface area contributed by atoms with Crippen molar-refractivity contribution in [3.05, 3.63) is 61.6 Å². The van der Waals surface area contributed by atoms with E-state index >= 15 is 0 Å². The summed E-state index contributed by atoms with van der Waals surface area (Å²) in [6.45, 7) is 5.58. The highest BCUT2D eigenvalue weighted by Crippen LogP contribution is 2.42. The molecular weight excluding hydrogens is 363 g/mol. The molecule has 1 unspecified atom stereocenters. The van der Waals surface area contributed by atoms with Crippen molar-refractivity contribution in [2.75, 3.05) is 0 Å². The van der Waals surface area contributed by atoms with Gasteiger partial charge in [0.15, 0.2) is 16.6 Å². The summed E-state index contributed by atoms with van der Waals surface area (Å²) in [6.07, 6.45) is 7.29. The van der Waals surface area contributed by atoms with Crippen molar-refractivity contribution >= 4 is 21.9 Å². The number of halogens is 1. The minimum atomic E-state index is -1.10. The minimum Gasteiger partial charge on any atom is -0.485 e. The summed E-state index contributed by atoms with van der Waals surface area (Å²) in [5, 5.41) is 0.423. The Kier molecular flexibility index (Phi) is 4.57. The van der Waals surface area contributed by atoms with Gasteiger partial charge in [0.2, 0.25) is 5.82 Å². The van der Waals surface area contributed by atoms with Crippen LogP contribution >= 0.6 is 0 Å². The molecule has 0 bridgehead atoms. The molecule has 2 aromatic heterocycles. The number of ether oxygens (including phenoxy) is 1. The first-order chi connectivity index (χ1) is 13.5. The third kappa shape index (κ3) is 2.75. The van der Waals surface area contributed by atoms with Gasteiger partial charge in [-0.05, 0) is 31.9 Å². The Hall–Kier alpha value is -2.89. The molecule has 6 heteroatoms. The van der Waals surface area contributed by atoms with Crippen molar-refractivity contribution in [2.45, 2.75) is 52.6 Å². The Balaban J connectivity index is 2.24. The second kappa shape index (κ2) is 6.93. The van der Waals surface area contributed by atoms with E-state index in [2.05, 4.69) is 6.08 Å². The molecule has 0 saturated carbocycles. The van der Waals surface area contributed by atoms with Crippen LogP contribution in [0.3, 0.4) is 0 Å². The summed E-state index contributed by atoms with van der Waals surface area (Å²) in [5.41, 5.74) is -0.571. The third-order valence-corrected chi connectivity index (χ3v) is 4.90. The number of hydrogen-bond acceptors (Lipinski definition) is 5. The van der Waals surface area contributed by atoms with E-state index in [1.54, 1.807) is 13.0 Å². The molecule has 1 aliphatic heterocycles. The SMILES string of the molecule is CCCc1c(F)c(=O)oc2c1c1c(c3oc(C)cc(=O)c32)[C]=CC(CCC)O1. The lowest BCUT2D eigenvalue weighted by Crippen LogP contribution is -2.20. The van der Waals surface area contributed by atoms with Gasteiger partial charge in [-0.2, -0.15) is 4.39 Å². The molecule has 1 aliphatic rings. The fourth-order valence-electron chi connectivity index (χ4n) is 3.73. The van der Waals surface area contributed by atoms with Gasteiger partial charge >= 0.3 is 5.63 Å². The summed E-state index contributed by atoms with van der Waals surface area (Å²) in [6, 6.07) is 1.32. The van der Waals surface area contributed by atoms with Crippen molar-refractivity contribution in [1.29, 1.82) is 0 Å². The number of hydrogen-bond donors (Lipinski definition) is 0. The summed E-state index contributed by atoms with van der Waals surface area (Å²) in [4.78, 5) is 24.9. The van der Waals surface area contributed by atoms with E-state index in [0.717, 1.165) is 12.8 Å². The van der Waals surface area contributed by atoms with Crippen LogP contribution in [0.4, 0.5) is 4.39 Å². The van der Waals surface area contributed by atoms with Crippen LogP contribution in [0.5, 0.6) is 5.75 Å². The molecule has 0 N–H and O–H groups in total. The van der Waals surface area contributed by atoms with Crippen LogP contribution in [0.25, 0.3) is 21.9 Å².